The second kappa shape index (κ2) is 7.41. The summed E-state index contributed by atoms with van der Waals surface area (Å²) < 4.78 is 1.09. The minimum Gasteiger partial charge on any atom is -0.394 e. The molecule has 0 saturated heterocycles. The van der Waals surface area contributed by atoms with Gasteiger partial charge in [-0.25, -0.2) is 0 Å². The van der Waals surface area contributed by atoms with Crippen molar-refractivity contribution in [3.05, 3.63) is 28.7 Å². The fourth-order valence-corrected chi connectivity index (χ4v) is 2.62. The molecule has 96 valence electrons. The van der Waals surface area contributed by atoms with Gasteiger partial charge in [-0.2, -0.15) is 0 Å². The number of aliphatic hydroxyl groups is 1. The first kappa shape index (κ1) is 15.0. The van der Waals surface area contributed by atoms with Crippen LogP contribution in [-0.4, -0.2) is 29.5 Å². The van der Waals surface area contributed by atoms with Gasteiger partial charge in [0.1, 0.15) is 0 Å². The number of rotatable bonds is 7. The van der Waals surface area contributed by atoms with E-state index in [2.05, 4.69) is 47.2 Å². The molecule has 1 aromatic rings. The number of halogens is 1. The summed E-state index contributed by atoms with van der Waals surface area (Å²) in [5.74, 6) is 0.866. The molecule has 0 radical (unpaired) electrons. The summed E-state index contributed by atoms with van der Waals surface area (Å²) in [5.41, 5.74) is -0.201. The predicted octanol–water partition coefficient (Wildman–Crippen LogP) is 3.29. The van der Waals surface area contributed by atoms with E-state index in [1.54, 1.807) is 11.8 Å². The van der Waals surface area contributed by atoms with Crippen molar-refractivity contribution in [3.8, 4) is 0 Å². The number of aliphatic hydroxyl groups excluding tert-OH is 1. The molecule has 0 aliphatic heterocycles. The van der Waals surface area contributed by atoms with E-state index in [0.717, 1.165) is 23.2 Å². The van der Waals surface area contributed by atoms with Gasteiger partial charge in [-0.1, -0.05) is 22.9 Å². The Labute approximate surface area is 116 Å². The van der Waals surface area contributed by atoms with Gasteiger partial charge in [0.2, 0.25) is 0 Å². The highest BCUT2D eigenvalue weighted by Gasteiger charge is 2.22. The van der Waals surface area contributed by atoms with Crippen molar-refractivity contribution in [3.63, 3.8) is 0 Å². The first-order valence-electron chi connectivity index (χ1n) is 5.84. The van der Waals surface area contributed by atoms with Gasteiger partial charge >= 0.3 is 0 Å². The van der Waals surface area contributed by atoms with E-state index >= 15 is 0 Å². The number of benzene rings is 1. The Morgan fingerprint density at radius 1 is 1.35 bits per heavy atom. The lowest BCUT2D eigenvalue weighted by molar-refractivity contribution is 0.192. The van der Waals surface area contributed by atoms with E-state index in [9.17, 15) is 5.11 Å². The highest BCUT2D eigenvalue weighted by atomic mass is 79.9. The summed E-state index contributed by atoms with van der Waals surface area (Å²) in [6, 6.07) is 8.26. The van der Waals surface area contributed by atoms with Crippen LogP contribution in [0.5, 0.6) is 0 Å². The summed E-state index contributed by atoms with van der Waals surface area (Å²) in [6.07, 6.45) is 1.08. The number of hydrogen-bond acceptors (Lipinski definition) is 3. The smallest absolute Gasteiger partial charge is 0.0618 e. The van der Waals surface area contributed by atoms with Crippen LogP contribution < -0.4 is 5.32 Å². The van der Waals surface area contributed by atoms with Crippen LogP contribution >= 0.6 is 27.7 Å². The van der Waals surface area contributed by atoms with Crippen LogP contribution in [-0.2, 0) is 0 Å². The van der Waals surface area contributed by atoms with E-state index in [-0.39, 0.29) is 12.1 Å². The molecule has 17 heavy (non-hydrogen) atoms. The lowest BCUT2D eigenvalue weighted by Gasteiger charge is -2.28. The zero-order chi connectivity index (χ0) is 12.7. The van der Waals surface area contributed by atoms with Crippen LogP contribution in [0, 0.1) is 0 Å². The molecule has 0 saturated carbocycles. The minimum absolute atomic E-state index is 0.163. The zero-order valence-corrected chi connectivity index (χ0v) is 12.8. The van der Waals surface area contributed by atoms with E-state index in [1.807, 2.05) is 12.1 Å². The van der Waals surface area contributed by atoms with Crippen LogP contribution in [0.3, 0.4) is 0 Å². The van der Waals surface area contributed by atoms with Gasteiger partial charge in [-0.3, -0.25) is 0 Å². The molecule has 0 heterocycles. The van der Waals surface area contributed by atoms with Gasteiger partial charge < -0.3 is 10.4 Å². The van der Waals surface area contributed by atoms with E-state index < -0.39 is 0 Å². The van der Waals surface area contributed by atoms with E-state index in [4.69, 9.17) is 0 Å². The van der Waals surface area contributed by atoms with Crippen LogP contribution in [0.2, 0.25) is 0 Å². The van der Waals surface area contributed by atoms with Crippen molar-refractivity contribution in [2.75, 3.05) is 18.9 Å². The van der Waals surface area contributed by atoms with Gasteiger partial charge in [0.05, 0.1) is 6.61 Å². The summed E-state index contributed by atoms with van der Waals surface area (Å²) in [4.78, 5) is 1.23. The Kier molecular flexibility index (Phi) is 6.55. The monoisotopic (exact) mass is 317 g/mol. The SMILES string of the molecule is CCCNC(C)(CO)CSc1ccc(Br)cc1. The third-order valence-electron chi connectivity index (χ3n) is 2.52. The van der Waals surface area contributed by atoms with Gasteiger partial charge in [0.25, 0.3) is 0 Å². The lowest BCUT2D eigenvalue weighted by atomic mass is 10.1. The highest BCUT2D eigenvalue weighted by molar-refractivity contribution is 9.10. The van der Waals surface area contributed by atoms with Crippen LogP contribution in [0.4, 0.5) is 0 Å². The Morgan fingerprint density at radius 2 is 2.00 bits per heavy atom. The number of thioether (sulfide) groups is 1. The molecule has 4 heteroatoms. The third-order valence-corrected chi connectivity index (χ3v) is 4.44. The molecule has 0 amide bonds. The molecule has 1 unspecified atom stereocenters. The second-order valence-electron chi connectivity index (χ2n) is 4.39. The standard InChI is InChI=1S/C13H20BrNOS/c1-3-8-15-13(2,9-16)10-17-12-6-4-11(14)5-7-12/h4-7,15-16H,3,8-10H2,1-2H3. The van der Waals surface area contributed by atoms with Crippen LogP contribution in [0.1, 0.15) is 20.3 Å². The Hall–Kier alpha value is -0.0300. The van der Waals surface area contributed by atoms with Crippen molar-refractivity contribution < 1.29 is 5.11 Å². The summed E-state index contributed by atoms with van der Waals surface area (Å²) in [7, 11) is 0. The Morgan fingerprint density at radius 3 is 2.53 bits per heavy atom. The normalized spacial score (nSPS) is 14.6. The van der Waals surface area contributed by atoms with Crippen molar-refractivity contribution >= 4 is 27.7 Å². The molecular formula is C13H20BrNOS. The van der Waals surface area contributed by atoms with Crippen LogP contribution in [0.15, 0.2) is 33.6 Å². The Balaban J connectivity index is 2.49. The van der Waals surface area contributed by atoms with Gasteiger partial charge in [0.15, 0.2) is 0 Å². The predicted molar refractivity (Wildman–Crippen MR) is 78.7 cm³/mol. The molecule has 0 spiro atoms. The van der Waals surface area contributed by atoms with Crippen molar-refractivity contribution in [1.82, 2.24) is 5.32 Å². The summed E-state index contributed by atoms with van der Waals surface area (Å²) in [5, 5.41) is 12.8. The quantitative estimate of drug-likeness (QED) is 0.757. The van der Waals surface area contributed by atoms with E-state index in [1.165, 1.54) is 4.90 Å². The molecule has 1 aromatic carbocycles. The lowest BCUT2D eigenvalue weighted by Crippen LogP contribution is -2.48. The number of hydrogen-bond donors (Lipinski definition) is 2. The molecule has 0 bridgehead atoms. The maximum Gasteiger partial charge on any atom is 0.0618 e. The molecule has 1 rings (SSSR count). The minimum atomic E-state index is -0.201. The fourth-order valence-electron chi connectivity index (χ4n) is 1.35. The van der Waals surface area contributed by atoms with Crippen LogP contribution in [0.25, 0.3) is 0 Å². The van der Waals surface area contributed by atoms with Gasteiger partial charge in [0, 0.05) is 20.7 Å². The molecule has 1 atom stereocenters. The molecule has 0 aromatic heterocycles. The maximum absolute atomic E-state index is 9.45. The average Bonchev–Trinajstić information content (AvgIpc) is 2.36. The molecular weight excluding hydrogens is 298 g/mol. The molecule has 2 nitrogen and oxygen atoms in total. The summed E-state index contributed by atoms with van der Waals surface area (Å²) in [6.45, 7) is 5.30. The summed E-state index contributed by atoms with van der Waals surface area (Å²) >= 11 is 5.19. The first-order valence-corrected chi connectivity index (χ1v) is 7.62. The molecule has 0 aliphatic rings. The fraction of sp³-hybridized carbons (Fsp3) is 0.538. The topological polar surface area (TPSA) is 32.3 Å². The first-order chi connectivity index (χ1) is 8.09. The second-order valence-corrected chi connectivity index (χ2v) is 6.35. The average molecular weight is 318 g/mol. The maximum atomic E-state index is 9.45. The molecule has 0 fully saturated rings. The van der Waals surface area contributed by atoms with Gasteiger partial charge in [-0.05, 0) is 44.2 Å². The van der Waals surface area contributed by atoms with Gasteiger partial charge in [-0.15, -0.1) is 11.8 Å². The van der Waals surface area contributed by atoms with E-state index in [0.29, 0.717) is 0 Å². The third kappa shape index (κ3) is 5.42. The largest absolute Gasteiger partial charge is 0.394 e. The van der Waals surface area contributed by atoms with Crippen molar-refractivity contribution in [2.45, 2.75) is 30.7 Å². The molecule has 0 aliphatic carbocycles. The molecule has 2 N–H and O–H groups in total. The number of nitrogens with one attached hydrogen (secondary N) is 1. The highest BCUT2D eigenvalue weighted by Crippen LogP contribution is 2.24. The van der Waals surface area contributed by atoms with Crippen molar-refractivity contribution in [1.29, 1.82) is 0 Å². The zero-order valence-electron chi connectivity index (χ0n) is 10.4. The van der Waals surface area contributed by atoms with Crippen molar-refractivity contribution in [2.24, 2.45) is 0 Å². The Bertz CT molecular complexity index is 331.